The highest BCUT2D eigenvalue weighted by molar-refractivity contribution is 5.95. The molecule has 3 aliphatic rings. The smallest absolute Gasteiger partial charge is 0.263 e. The average molecular weight is 532 g/mol. The van der Waals surface area contributed by atoms with Gasteiger partial charge in [-0.2, -0.15) is 0 Å². The van der Waals surface area contributed by atoms with E-state index in [0.717, 1.165) is 76.0 Å². The lowest BCUT2D eigenvalue weighted by Gasteiger charge is -2.44. The van der Waals surface area contributed by atoms with Gasteiger partial charge in [0.1, 0.15) is 5.75 Å². The molecule has 0 saturated carbocycles. The van der Waals surface area contributed by atoms with Gasteiger partial charge in [0.15, 0.2) is 6.10 Å². The number of hydrogen-bond acceptors (Lipinski definition) is 4. The minimum Gasteiger partial charge on any atom is -0.481 e. The van der Waals surface area contributed by atoms with Gasteiger partial charge in [0, 0.05) is 51.0 Å². The number of aryl methyl sites for hydroxylation is 2. The summed E-state index contributed by atoms with van der Waals surface area (Å²) in [6, 6.07) is 14.3. The Bertz CT molecular complexity index is 1160. The number of carbonyl (C=O) groups excluding carboxylic acids is 2. The molecular formula is C33H45N3O3. The maximum absolute atomic E-state index is 13.6. The SMILES string of the molecule is Cc1ccc(C(=O)N2CCC3(CCCCc4ccccc4O[C@H](C)C(=O)N(C)C3)CC2)cc1N1CCCCC1. The second-order valence-corrected chi connectivity index (χ2v) is 12.1. The maximum atomic E-state index is 13.6. The molecular weight excluding hydrogens is 486 g/mol. The number of ether oxygens (including phenoxy) is 1. The minimum absolute atomic E-state index is 0.0214. The molecule has 6 heteroatoms. The van der Waals surface area contributed by atoms with Crippen molar-refractivity contribution in [2.75, 3.05) is 44.7 Å². The monoisotopic (exact) mass is 531 g/mol. The van der Waals surface area contributed by atoms with E-state index in [4.69, 9.17) is 4.74 Å². The number of hydrogen-bond donors (Lipinski definition) is 0. The second-order valence-electron chi connectivity index (χ2n) is 12.1. The summed E-state index contributed by atoms with van der Waals surface area (Å²) in [6.07, 6.45) is 9.30. The Morgan fingerprint density at radius 3 is 2.44 bits per heavy atom. The van der Waals surface area contributed by atoms with Gasteiger partial charge in [0.05, 0.1) is 0 Å². The minimum atomic E-state index is -0.523. The highest BCUT2D eigenvalue weighted by Gasteiger charge is 2.38. The Morgan fingerprint density at radius 1 is 0.923 bits per heavy atom. The molecule has 0 aliphatic carbocycles. The summed E-state index contributed by atoms with van der Waals surface area (Å²) in [7, 11) is 1.91. The van der Waals surface area contributed by atoms with Crippen molar-refractivity contribution in [3.8, 4) is 5.75 Å². The van der Waals surface area contributed by atoms with Crippen LogP contribution in [0.5, 0.6) is 5.75 Å². The molecule has 0 radical (unpaired) electrons. The molecule has 0 aromatic heterocycles. The number of carbonyl (C=O) groups is 2. The van der Waals surface area contributed by atoms with Crippen molar-refractivity contribution in [1.29, 1.82) is 0 Å². The number of para-hydroxylation sites is 1. The number of amides is 2. The van der Waals surface area contributed by atoms with Gasteiger partial charge < -0.3 is 19.4 Å². The quantitative estimate of drug-likeness (QED) is 0.487. The first kappa shape index (κ1) is 27.5. The molecule has 0 bridgehead atoms. The Hall–Kier alpha value is -3.02. The van der Waals surface area contributed by atoms with Gasteiger partial charge in [-0.05, 0) is 100.0 Å². The highest BCUT2D eigenvalue weighted by atomic mass is 16.5. The van der Waals surface area contributed by atoms with E-state index in [-0.39, 0.29) is 17.2 Å². The number of benzene rings is 2. The number of rotatable bonds is 2. The summed E-state index contributed by atoms with van der Waals surface area (Å²) in [5.74, 6) is 0.987. The second kappa shape index (κ2) is 12.0. The van der Waals surface area contributed by atoms with Crippen LogP contribution in [0.3, 0.4) is 0 Å². The molecule has 39 heavy (non-hydrogen) atoms. The Morgan fingerprint density at radius 2 is 1.67 bits per heavy atom. The van der Waals surface area contributed by atoms with Gasteiger partial charge in [0.25, 0.3) is 11.8 Å². The summed E-state index contributed by atoms with van der Waals surface area (Å²) >= 11 is 0. The summed E-state index contributed by atoms with van der Waals surface area (Å²) in [5, 5.41) is 0. The van der Waals surface area contributed by atoms with Crippen LogP contribution in [0.4, 0.5) is 5.69 Å². The van der Waals surface area contributed by atoms with Crippen molar-refractivity contribution in [2.24, 2.45) is 5.41 Å². The summed E-state index contributed by atoms with van der Waals surface area (Å²) in [4.78, 5) is 33.3. The Labute approximate surface area is 234 Å². The molecule has 2 fully saturated rings. The number of nitrogens with zero attached hydrogens (tertiary/aromatic N) is 3. The number of piperidine rings is 2. The van der Waals surface area contributed by atoms with Crippen molar-refractivity contribution in [1.82, 2.24) is 9.80 Å². The molecule has 2 saturated heterocycles. The van der Waals surface area contributed by atoms with Crippen LogP contribution in [0.15, 0.2) is 42.5 Å². The van der Waals surface area contributed by atoms with Gasteiger partial charge >= 0.3 is 0 Å². The largest absolute Gasteiger partial charge is 0.481 e. The van der Waals surface area contributed by atoms with Crippen molar-refractivity contribution >= 4 is 17.5 Å². The molecule has 1 spiro atoms. The average Bonchev–Trinajstić information content (AvgIpc) is 2.96. The lowest BCUT2D eigenvalue weighted by Crippen LogP contribution is -2.50. The summed E-state index contributed by atoms with van der Waals surface area (Å²) < 4.78 is 6.14. The van der Waals surface area contributed by atoms with Crippen molar-refractivity contribution < 1.29 is 14.3 Å². The van der Waals surface area contributed by atoms with Gasteiger partial charge in [-0.1, -0.05) is 30.7 Å². The van der Waals surface area contributed by atoms with Crippen LogP contribution in [-0.4, -0.2) is 67.5 Å². The molecule has 0 unspecified atom stereocenters. The molecule has 0 N–H and O–H groups in total. The van der Waals surface area contributed by atoms with E-state index in [1.54, 1.807) is 0 Å². The van der Waals surface area contributed by atoms with E-state index in [2.05, 4.69) is 30.0 Å². The van der Waals surface area contributed by atoms with Gasteiger partial charge in [-0.15, -0.1) is 0 Å². The molecule has 3 aliphatic heterocycles. The third kappa shape index (κ3) is 6.26. The van der Waals surface area contributed by atoms with E-state index in [1.165, 1.54) is 36.1 Å². The van der Waals surface area contributed by atoms with E-state index in [0.29, 0.717) is 6.54 Å². The maximum Gasteiger partial charge on any atom is 0.263 e. The number of likely N-dealkylation sites (N-methyl/N-ethyl adjacent to an activating group) is 1. The van der Waals surface area contributed by atoms with Gasteiger partial charge in [-0.25, -0.2) is 0 Å². The van der Waals surface area contributed by atoms with E-state index < -0.39 is 6.10 Å². The van der Waals surface area contributed by atoms with Crippen LogP contribution in [0, 0.1) is 12.3 Å². The predicted molar refractivity (Wildman–Crippen MR) is 157 cm³/mol. The number of fused-ring (bicyclic) bond motifs is 1. The molecule has 2 aromatic rings. The zero-order valence-corrected chi connectivity index (χ0v) is 24.1. The van der Waals surface area contributed by atoms with Crippen molar-refractivity contribution in [3.63, 3.8) is 0 Å². The molecule has 5 rings (SSSR count). The van der Waals surface area contributed by atoms with Crippen LogP contribution in [0.1, 0.15) is 79.8 Å². The zero-order chi connectivity index (χ0) is 27.4. The Kier molecular flexibility index (Phi) is 8.49. The highest BCUT2D eigenvalue weighted by Crippen LogP contribution is 2.39. The van der Waals surface area contributed by atoms with E-state index in [9.17, 15) is 9.59 Å². The molecule has 3 heterocycles. The van der Waals surface area contributed by atoms with Crippen molar-refractivity contribution in [2.45, 2.75) is 77.7 Å². The van der Waals surface area contributed by atoms with E-state index >= 15 is 0 Å². The molecule has 1 atom stereocenters. The third-order valence-electron chi connectivity index (χ3n) is 9.24. The Balaban J connectivity index is 1.27. The third-order valence-corrected chi connectivity index (χ3v) is 9.24. The van der Waals surface area contributed by atoms with Crippen molar-refractivity contribution in [3.05, 3.63) is 59.2 Å². The van der Waals surface area contributed by atoms with Crippen LogP contribution >= 0.6 is 0 Å². The molecule has 2 amide bonds. The van der Waals surface area contributed by atoms with Gasteiger partial charge in [0.2, 0.25) is 0 Å². The zero-order valence-electron chi connectivity index (χ0n) is 24.1. The fourth-order valence-electron chi connectivity index (χ4n) is 6.84. The first-order valence-electron chi connectivity index (χ1n) is 15.0. The lowest BCUT2D eigenvalue weighted by molar-refractivity contribution is -0.138. The molecule has 2 aromatic carbocycles. The molecule has 210 valence electrons. The predicted octanol–water partition coefficient (Wildman–Crippen LogP) is 5.86. The van der Waals surface area contributed by atoms with E-state index in [1.807, 2.05) is 48.0 Å². The normalized spacial score (nSPS) is 22.5. The number of anilines is 1. The fraction of sp³-hybridized carbons (Fsp3) is 0.576. The summed E-state index contributed by atoms with van der Waals surface area (Å²) in [5.41, 5.74) is 4.47. The van der Waals surface area contributed by atoms with Crippen LogP contribution in [0.2, 0.25) is 0 Å². The first-order chi connectivity index (χ1) is 18.8. The van der Waals surface area contributed by atoms with Crippen LogP contribution < -0.4 is 9.64 Å². The topological polar surface area (TPSA) is 53.1 Å². The lowest BCUT2D eigenvalue weighted by atomic mass is 9.73. The summed E-state index contributed by atoms with van der Waals surface area (Å²) in [6.45, 7) is 8.35. The fourth-order valence-corrected chi connectivity index (χ4v) is 6.84. The first-order valence-corrected chi connectivity index (χ1v) is 15.0. The van der Waals surface area contributed by atoms with Crippen LogP contribution in [0.25, 0.3) is 0 Å². The van der Waals surface area contributed by atoms with Crippen LogP contribution in [-0.2, 0) is 11.2 Å². The standard InChI is InChI=1S/C33H45N3O3/c1-25-14-15-28(23-29(25)35-19-9-4-10-20-35)32(38)36-21-17-33(18-22-36)16-8-7-12-27-11-5-6-13-30(27)39-26(2)31(37)34(3)24-33/h5-6,11,13-15,23,26H,4,7-10,12,16-22,24H2,1-3H3/t26-/m1/s1. The number of likely N-dealkylation sites (tertiary alicyclic amines) is 1. The van der Waals surface area contributed by atoms with Gasteiger partial charge in [-0.3, -0.25) is 9.59 Å². The molecule has 6 nitrogen and oxygen atoms in total.